The van der Waals surface area contributed by atoms with Crippen LogP contribution in [0.25, 0.3) is 6.08 Å². The monoisotopic (exact) mass is 422 g/mol. The third kappa shape index (κ3) is 5.59. The number of hydrogen-bond donors (Lipinski definition) is 2. The molecule has 6 heteroatoms. The number of hydrogen-bond acceptors (Lipinski definition) is 4. The predicted molar refractivity (Wildman–Crippen MR) is 122 cm³/mol. The van der Waals surface area contributed by atoms with Crippen LogP contribution in [0.1, 0.15) is 27.7 Å². The van der Waals surface area contributed by atoms with Crippen molar-refractivity contribution in [3.8, 4) is 0 Å². The molecule has 0 bridgehead atoms. The molecule has 2 N–H and O–H groups in total. The van der Waals surface area contributed by atoms with Crippen LogP contribution in [0.5, 0.6) is 0 Å². The molecule has 4 nitrogen and oxygen atoms in total. The molecule has 2 aromatic carbocycles. The summed E-state index contributed by atoms with van der Waals surface area (Å²) in [5.74, 6) is 0.233. The van der Waals surface area contributed by atoms with Crippen LogP contribution in [0, 0.1) is 6.92 Å². The minimum atomic E-state index is -0.357. The van der Waals surface area contributed by atoms with Crippen LogP contribution < -0.4 is 10.6 Å². The molecule has 0 aliphatic heterocycles. The van der Waals surface area contributed by atoms with Crippen molar-refractivity contribution in [2.75, 3.05) is 11.1 Å². The molecule has 0 unspecified atom stereocenters. The van der Waals surface area contributed by atoms with Crippen molar-refractivity contribution >= 4 is 46.7 Å². The maximum Gasteiger partial charge on any atom is 0.272 e. The second-order valence-electron chi connectivity index (χ2n) is 6.23. The Morgan fingerprint density at radius 1 is 1.03 bits per heavy atom. The Kier molecular flexibility index (Phi) is 7.27. The fourth-order valence-electron chi connectivity index (χ4n) is 2.73. The van der Waals surface area contributed by atoms with Crippen molar-refractivity contribution in [3.05, 3.63) is 87.7 Å². The average Bonchev–Trinajstić information content (AvgIpc) is 3.22. The van der Waals surface area contributed by atoms with Gasteiger partial charge in [0.25, 0.3) is 11.8 Å². The molecule has 0 saturated carbocycles. The normalized spacial score (nSPS) is 11.2. The van der Waals surface area contributed by atoms with E-state index in [4.69, 9.17) is 0 Å². The molecule has 148 valence electrons. The number of amides is 2. The summed E-state index contributed by atoms with van der Waals surface area (Å²) in [5.41, 5.74) is 2.33. The quantitative estimate of drug-likeness (QED) is 0.386. The van der Waals surface area contributed by atoms with E-state index < -0.39 is 0 Å². The lowest BCUT2D eigenvalue weighted by molar-refractivity contribution is -0.113. The lowest BCUT2D eigenvalue weighted by atomic mass is 10.1. The van der Waals surface area contributed by atoms with Gasteiger partial charge >= 0.3 is 0 Å². The zero-order valence-electron chi connectivity index (χ0n) is 16.3. The molecule has 0 aliphatic carbocycles. The minimum Gasteiger partial charge on any atom is -0.320 e. The summed E-state index contributed by atoms with van der Waals surface area (Å²) in [5, 5.41) is 7.66. The van der Waals surface area contributed by atoms with Crippen LogP contribution >= 0.6 is 23.1 Å². The van der Waals surface area contributed by atoms with Gasteiger partial charge in [-0.3, -0.25) is 9.59 Å². The van der Waals surface area contributed by atoms with Crippen LogP contribution in [0.2, 0.25) is 0 Å². The molecule has 0 atom stereocenters. The Balaban J connectivity index is 1.87. The Morgan fingerprint density at radius 2 is 1.79 bits per heavy atom. The third-order valence-electron chi connectivity index (χ3n) is 4.15. The van der Waals surface area contributed by atoms with E-state index >= 15 is 0 Å². The van der Waals surface area contributed by atoms with Crippen molar-refractivity contribution < 1.29 is 9.59 Å². The Morgan fingerprint density at radius 3 is 2.52 bits per heavy atom. The van der Waals surface area contributed by atoms with Crippen molar-refractivity contribution in [1.82, 2.24) is 5.32 Å². The number of anilines is 1. The molecular formula is C23H22N2O2S2. The van der Waals surface area contributed by atoms with Crippen LogP contribution in [-0.2, 0) is 4.79 Å². The number of para-hydroxylation sites is 1. The van der Waals surface area contributed by atoms with Gasteiger partial charge in [-0.2, -0.15) is 0 Å². The first-order valence-electron chi connectivity index (χ1n) is 9.24. The van der Waals surface area contributed by atoms with Gasteiger partial charge in [-0.05, 0) is 54.0 Å². The number of rotatable bonds is 7. The zero-order chi connectivity index (χ0) is 20.6. The first kappa shape index (κ1) is 20.9. The van der Waals surface area contributed by atoms with E-state index in [1.54, 1.807) is 23.9 Å². The second kappa shape index (κ2) is 10.1. The van der Waals surface area contributed by atoms with Crippen LogP contribution in [0.4, 0.5) is 5.69 Å². The fraction of sp³-hybridized carbons (Fsp3) is 0.130. The molecular weight excluding hydrogens is 400 g/mol. The zero-order valence-corrected chi connectivity index (χ0v) is 17.9. The number of aryl methyl sites for hydroxylation is 1. The van der Waals surface area contributed by atoms with E-state index in [-0.39, 0.29) is 17.5 Å². The average molecular weight is 423 g/mol. The van der Waals surface area contributed by atoms with Gasteiger partial charge in [-0.15, -0.1) is 23.1 Å². The van der Waals surface area contributed by atoms with Gasteiger partial charge in [-0.1, -0.05) is 43.3 Å². The number of carbonyl (C=O) groups excluding carboxylic acids is 2. The Labute approximate surface area is 179 Å². The standard InChI is InChI=1S/C23H22N2O2S2/c1-3-28-21-13-7-6-12-19(21)24-23(27)20(15-17-10-8-14-29-17)25-22(26)18-11-5-4-9-16(18)2/h4-15H,3H2,1-2H3,(H,24,27)(H,25,26)/b20-15-. The second-order valence-corrected chi connectivity index (χ2v) is 8.51. The molecule has 0 fully saturated rings. The third-order valence-corrected chi connectivity index (χ3v) is 5.92. The fourth-order valence-corrected chi connectivity index (χ4v) is 4.15. The minimum absolute atomic E-state index is 0.206. The lowest BCUT2D eigenvalue weighted by Gasteiger charge is -2.14. The molecule has 3 rings (SSSR count). The van der Waals surface area contributed by atoms with Gasteiger partial charge in [0.1, 0.15) is 5.70 Å². The first-order chi connectivity index (χ1) is 14.1. The number of thioether (sulfide) groups is 1. The lowest BCUT2D eigenvalue weighted by Crippen LogP contribution is -2.31. The van der Waals surface area contributed by atoms with Crippen LogP contribution in [-0.4, -0.2) is 17.6 Å². The van der Waals surface area contributed by atoms with Crippen molar-refractivity contribution in [3.63, 3.8) is 0 Å². The first-order valence-corrected chi connectivity index (χ1v) is 11.1. The maximum absolute atomic E-state index is 13.0. The van der Waals surface area contributed by atoms with E-state index in [9.17, 15) is 9.59 Å². The topological polar surface area (TPSA) is 58.2 Å². The molecule has 0 radical (unpaired) electrons. The molecule has 2 amide bonds. The summed E-state index contributed by atoms with van der Waals surface area (Å²) in [6, 6.07) is 18.8. The number of nitrogens with one attached hydrogen (secondary N) is 2. The molecule has 3 aromatic rings. The number of benzene rings is 2. The summed E-state index contributed by atoms with van der Waals surface area (Å²) in [6.07, 6.45) is 1.70. The summed E-state index contributed by atoms with van der Waals surface area (Å²) in [6.45, 7) is 3.93. The van der Waals surface area contributed by atoms with E-state index in [1.165, 1.54) is 11.3 Å². The highest BCUT2D eigenvalue weighted by molar-refractivity contribution is 7.99. The van der Waals surface area contributed by atoms with Gasteiger partial charge in [0.2, 0.25) is 0 Å². The molecule has 0 spiro atoms. The highest BCUT2D eigenvalue weighted by atomic mass is 32.2. The largest absolute Gasteiger partial charge is 0.320 e. The SMILES string of the molecule is CCSc1ccccc1NC(=O)/C(=C/c1cccs1)NC(=O)c1ccccc1C. The Bertz CT molecular complexity index is 1030. The highest BCUT2D eigenvalue weighted by Gasteiger charge is 2.17. The summed E-state index contributed by atoms with van der Waals surface area (Å²) >= 11 is 3.15. The van der Waals surface area contributed by atoms with E-state index in [0.29, 0.717) is 5.56 Å². The van der Waals surface area contributed by atoms with Crippen LogP contribution in [0.15, 0.2) is 76.6 Å². The molecule has 0 saturated heterocycles. The van der Waals surface area contributed by atoms with Gasteiger partial charge < -0.3 is 10.6 Å². The number of carbonyl (C=O) groups is 2. The van der Waals surface area contributed by atoms with Crippen molar-refractivity contribution in [2.45, 2.75) is 18.7 Å². The highest BCUT2D eigenvalue weighted by Crippen LogP contribution is 2.27. The molecule has 29 heavy (non-hydrogen) atoms. The Hall–Kier alpha value is -2.83. The van der Waals surface area contributed by atoms with E-state index in [1.807, 2.05) is 66.9 Å². The van der Waals surface area contributed by atoms with Crippen LogP contribution in [0.3, 0.4) is 0 Å². The maximum atomic E-state index is 13.0. The molecule has 0 aliphatic rings. The van der Waals surface area contributed by atoms with Gasteiger partial charge in [-0.25, -0.2) is 0 Å². The van der Waals surface area contributed by atoms with Crippen molar-refractivity contribution in [2.24, 2.45) is 0 Å². The number of thiophene rings is 1. The van der Waals surface area contributed by atoms with Gasteiger partial charge in [0, 0.05) is 15.3 Å². The molecule has 1 heterocycles. The summed E-state index contributed by atoms with van der Waals surface area (Å²) in [4.78, 5) is 27.7. The molecule has 1 aromatic heterocycles. The smallest absolute Gasteiger partial charge is 0.272 e. The summed E-state index contributed by atoms with van der Waals surface area (Å²) < 4.78 is 0. The van der Waals surface area contributed by atoms with Gasteiger partial charge in [0.05, 0.1) is 5.69 Å². The van der Waals surface area contributed by atoms with Crippen molar-refractivity contribution in [1.29, 1.82) is 0 Å². The van der Waals surface area contributed by atoms with E-state index in [2.05, 4.69) is 17.6 Å². The predicted octanol–water partition coefficient (Wildman–Crippen LogP) is 5.58. The summed E-state index contributed by atoms with van der Waals surface area (Å²) in [7, 11) is 0. The van der Waals surface area contributed by atoms with E-state index in [0.717, 1.165) is 26.8 Å². The van der Waals surface area contributed by atoms with Gasteiger partial charge in [0.15, 0.2) is 0 Å².